The van der Waals surface area contributed by atoms with Crippen LogP contribution in [-0.2, 0) is 14.8 Å². The summed E-state index contributed by atoms with van der Waals surface area (Å²) in [4.78, 5) is 15.0. The molecule has 0 aromatic heterocycles. The Kier molecular flexibility index (Phi) is 6.72. The molecule has 5 rings (SSSR count). The van der Waals surface area contributed by atoms with Crippen LogP contribution in [0.15, 0.2) is 60.7 Å². The molecule has 2 heterocycles. The Labute approximate surface area is 220 Å². The molecule has 3 aromatic carbocycles. The predicted octanol–water partition coefficient (Wildman–Crippen LogP) is 3.81. The van der Waals surface area contributed by atoms with Gasteiger partial charge in [0.15, 0.2) is 11.5 Å². The van der Waals surface area contributed by atoms with Gasteiger partial charge in [0.1, 0.15) is 5.82 Å². The van der Waals surface area contributed by atoms with E-state index in [0.717, 1.165) is 0 Å². The summed E-state index contributed by atoms with van der Waals surface area (Å²) in [5.41, 5.74) is 3.56. The lowest BCUT2D eigenvalue weighted by Crippen LogP contribution is -2.35. The number of benzene rings is 3. The lowest BCUT2D eigenvalue weighted by atomic mass is 9.99. The van der Waals surface area contributed by atoms with Crippen LogP contribution < -0.4 is 24.4 Å². The molecule has 2 aliphatic heterocycles. The van der Waals surface area contributed by atoms with Crippen LogP contribution in [-0.4, -0.2) is 59.5 Å². The van der Waals surface area contributed by atoms with E-state index >= 15 is 0 Å². The first-order chi connectivity index (χ1) is 18.1. The summed E-state index contributed by atoms with van der Waals surface area (Å²) in [5.74, 6) is 0.303. The zero-order chi connectivity index (χ0) is 27.0. The van der Waals surface area contributed by atoms with Crippen molar-refractivity contribution in [1.29, 1.82) is 0 Å². The molecule has 2 aliphatic rings. The average molecular weight is 539 g/mol. The lowest BCUT2D eigenvalue weighted by Gasteiger charge is -2.24. The van der Waals surface area contributed by atoms with Crippen molar-refractivity contribution in [3.8, 4) is 11.5 Å². The fourth-order valence-electron chi connectivity index (χ4n) is 4.36. The van der Waals surface area contributed by atoms with Gasteiger partial charge in [0, 0.05) is 29.9 Å². The molecular weight excluding hydrogens is 511 g/mol. The third kappa shape index (κ3) is 5.15. The van der Waals surface area contributed by atoms with Gasteiger partial charge in [0.25, 0.3) is 5.91 Å². The van der Waals surface area contributed by atoms with Crippen molar-refractivity contribution in [2.24, 2.45) is 0 Å². The summed E-state index contributed by atoms with van der Waals surface area (Å²) in [6.45, 7) is 0.966. The second kappa shape index (κ2) is 9.99. The van der Waals surface area contributed by atoms with Gasteiger partial charge < -0.3 is 25.0 Å². The van der Waals surface area contributed by atoms with Crippen molar-refractivity contribution < 1.29 is 27.1 Å². The van der Waals surface area contributed by atoms with Crippen molar-refractivity contribution in [2.75, 3.05) is 55.2 Å². The van der Waals surface area contributed by atoms with Crippen LogP contribution >= 0.6 is 0 Å². The minimum Gasteiger partial charge on any atom is -0.454 e. The molecular formula is C27H27FN4O5S. The first kappa shape index (κ1) is 25.6. The van der Waals surface area contributed by atoms with Gasteiger partial charge in [-0.3, -0.25) is 9.10 Å². The van der Waals surface area contributed by atoms with Crippen LogP contribution in [0.3, 0.4) is 0 Å². The highest BCUT2D eigenvalue weighted by Gasteiger charge is 2.29. The molecule has 0 aliphatic carbocycles. The quantitative estimate of drug-likeness (QED) is 0.421. The molecule has 0 saturated heterocycles. The maximum atomic E-state index is 13.9. The van der Waals surface area contributed by atoms with Crippen molar-refractivity contribution in [2.45, 2.75) is 0 Å². The van der Waals surface area contributed by atoms with Crippen LogP contribution in [0, 0.1) is 5.82 Å². The number of amides is 1. The van der Waals surface area contributed by atoms with E-state index in [1.54, 1.807) is 48.5 Å². The number of rotatable bonds is 8. The summed E-state index contributed by atoms with van der Waals surface area (Å²) in [6.07, 6.45) is 1.18. The topological polar surface area (TPSA) is 100 Å². The number of ether oxygens (including phenoxy) is 2. The SMILES string of the molecule is CN(C)CCN(c1ccc(N/C(=C2\C(=O)Nc3cc(F)ccc32)c2ccc3c(c2)OCO3)cc1)S(C)(=O)=O. The Balaban J connectivity index is 1.55. The molecule has 11 heteroatoms. The monoisotopic (exact) mass is 538 g/mol. The van der Waals surface area contributed by atoms with Gasteiger partial charge in [-0.15, -0.1) is 0 Å². The van der Waals surface area contributed by atoms with E-state index in [9.17, 15) is 17.6 Å². The van der Waals surface area contributed by atoms with Gasteiger partial charge in [0.2, 0.25) is 16.8 Å². The average Bonchev–Trinajstić information content (AvgIpc) is 3.45. The van der Waals surface area contributed by atoms with E-state index in [1.807, 2.05) is 19.0 Å². The maximum Gasteiger partial charge on any atom is 0.258 e. The summed E-state index contributed by atoms with van der Waals surface area (Å²) in [6, 6.07) is 16.4. The van der Waals surface area contributed by atoms with Crippen LogP contribution in [0.5, 0.6) is 11.5 Å². The zero-order valence-corrected chi connectivity index (χ0v) is 21.9. The second-order valence-electron chi connectivity index (χ2n) is 9.27. The number of nitrogens with one attached hydrogen (secondary N) is 2. The molecule has 0 fully saturated rings. The smallest absolute Gasteiger partial charge is 0.258 e. The van der Waals surface area contributed by atoms with E-state index in [2.05, 4.69) is 10.6 Å². The number of hydrogen-bond donors (Lipinski definition) is 2. The summed E-state index contributed by atoms with van der Waals surface area (Å²) < 4.78 is 51.0. The molecule has 9 nitrogen and oxygen atoms in total. The van der Waals surface area contributed by atoms with Crippen molar-refractivity contribution >= 4 is 44.3 Å². The molecule has 38 heavy (non-hydrogen) atoms. The standard InChI is InChI=1S/C27H27FN4O5S/c1-31(2)12-13-32(38(3,34)35)20-8-6-19(7-9-20)29-26(17-4-11-23-24(14-17)37-16-36-23)25-21-10-5-18(28)15-22(21)30-27(25)33/h4-11,14-15,29H,12-13,16H2,1-3H3,(H,30,33)/b26-25-. The lowest BCUT2D eigenvalue weighted by molar-refractivity contribution is -0.110. The van der Waals surface area contributed by atoms with E-state index in [-0.39, 0.29) is 12.7 Å². The number of carbonyl (C=O) groups is 1. The Hall–Kier alpha value is -4.09. The van der Waals surface area contributed by atoms with Crippen LogP contribution in [0.1, 0.15) is 11.1 Å². The minimum atomic E-state index is -3.49. The van der Waals surface area contributed by atoms with Gasteiger partial charge in [-0.2, -0.15) is 0 Å². The number of anilines is 3. The largest absolute Gasteiger partial charge is 0.454 e. The van der Waals surface area contributed by atoms with E-state index in [0.29, 0.717) is 64.0 Å². The van der Waals surface area contributed by atoms with Gasteiger partial charge >= 0.3 is 0 Å². The molecule has 2 N–H and O–H groups in total. The molecule has 0 radical (unpaired) electrons. The van der Waals surface area contributed by atoms with E-state index < -0.39 is 15.8 Å². The van der Waals surface area contributed by atoms with Crippen LogP contribution in [0.25, 0.3) is 11.3 Å². The van der Waals surface area contributed by atoms with Gasteiger partial charge in [-0.25, -0.2) is 12.8 Å². The molecule has 0 atom stereocenters. The Bertz CT molecular complexity index is 1540. The molecule has 3 aromatic rings. The number of carbonyl (C=O) groups excluding carboxylic acids is 1. The minimum absolute atomic E-state index is 0.104. The van der Waals surface area contributed by atoms with Gasteiger partial charge in [0.05, 0.1) is 28.9 Å². The number of halogens is 1. The zero-order valence-electron chi connectivity index (χ0n) is 21.1. The molecule has 0 unspecified atom stereocenters. The molecule has 0 spiro atoms. The number of hydrogen-bond acceptors (Lipinski definition) is 7. The highest BCUT2D eigenvalue weighted by molar-refractivity contribution is 7.92. The highest BCUT2D eigenvalue weighted by Crippen LogP contribution is 2.41. The third-order valence-corrected chi connectivity index (χ3v) is 7.41. The first-order valence-corrected chi connectivity index (χ1v) is 13.7. The fraction of sp³-hybridized carbons (Fsp3) is 0.222. The number of fused-ring (bicyclic) bond motifs is 2. The first-order valence-electron chi connectivity index (χ1n) is 11.9. The number of sulfonamides is 1. The molecule has 0 saturated carbocycles. The van der Waals surface area contributed by atoms with Crippen molar-refractivity contribution in [3.05, 3.63) is 77.6 Å². The fourth-order valence-corrected chi connectivity index (χ4v) is 5.27. The highest BCUT2D eigenvalue weighted by atomic mass is 32.2. The molecule has 0 bridgehead atoms. The predicted molar refractivity (Wildman–Crippen MR) is 145 cm³/mol. The van der Waals surface area contributed by atoms with Crippen molar-refractivity contribution in [3.63, 3.8) is 0 Å². The summed E-state index contributed by atoms with van der Waals surface area (Å²) in [5, 5.41) is 6.05. The number of nitrogens with zero attached hydrogens (tertiary/aromatic N) is 2. The van der Waals surface area contributed by atoms with E-state index in [4.69, 9.17) is 9.47 Å². The second-order valence-corrected chi connectivity index (χ2v) is 11.2. The van der Waals surface area contributed by atoms with E-state index in [1.165, 1.54) is 22.7 Å². The Morgan fingerprint density at radius 2 is 1.74 bits per heavy atom. The molecule has 1 amide bonds. The van der Waals surface area contributed by atoms with Crippen LogP contribution in [0.4, 0.5) is 21.5 Å². The Morgan fingerprint density at radius 3 is 2.45 bits per heavy atom. The number of likely N-dealkylation sites (N-methyl/N-ethyl adjacent to an activating group) is 1. The normalized spacial score (nSPS) is 15.3. The van der Waals surface area contributed by atoms with Crippen LogP contribution in [0.2, 0.25) is 0 Å². The maximum absolute atomic E-state index is 13.9. The molecule has 198 valence electrons. The Morgan fingerprint density at radius 1 is 1.00 bits per heavy atom. The van der Waals surface area contributed by atoms with Gasteiger partial charge in [-0.1, -0.05) is 0 Å². The van der Waals surface area contributed by atoms with Gasteiger partial charge in [-0.05, 0) is 74.8 Å². The summed E-state index contributed by atoms with van der Waals surface area (Å²) in [7, 11) is 0.271. The third-order valence-electron chi connectivity index (χ3n) is 6.21. The summed E-state index contributed by atoms with van der Waals surface area (Å²) >= 11 is 0. The van der Waals surface area contributed by atoms with Crippen molar-refractivity contribution in [1.82, 2.24) is 4.90 Å².